The van der Waals surface area contributed by atoms with E-state index in [0.717, 1.165) is 16.6 Å². The number of hydrogen-bond donors (Lipinski definition) is 0. The number of aromatic nitrogens is 2. The smallest absolute Gasteiger partial charge is 0.268 e. The lowest BCUT2D eigenvalue weighted by Gasteiger charge is -2.31. The van der Waals surface area contributed by atoms with Gasteiger partial charge in [-0.2, -0.15) is 18.3 Å². The molecule has 0 saturated carbocycles. The van der Waals surface area contributed by atoms with E-state index in [1.165, 1.54) is 47.8 Å². The molecule has 9 heteroatoms. The molecule has 0 spiro atoms. The Kier molecular flexibility index (Phi) is 5.95. The molecule has 1 aromatic heterocycles. The normalized spacial score (nSPS) is 13.3. The van der Waals surface area contributed by atoms with Gasteiger partial charge in [0.25, 0.3) is 5.56 Å². The maximum Gasteiger partial charge on any atom is 0.408 e. The van der Waals surface area contributed by atoms with Gasteiger partial charge < -0.3 is 0 Å². The highest BCUT2D eigenvalue weighted by molar-refractivity contribution is 7.97. The lowest BCUT2D eigenvalue weighted by molar-refractivity contribution is -0.172. The van der Waals surface area contributed by atoms with E-state index in [-0.39, 0.29) is 17.7 Å². The molecule has 0 unspecified atom stereocenters. The predicted octanol–water partition coefficient (Wildman–Crippen LogP) is 4.07. The Morgan fingerprint density at radius 3 is 2.38 bits per heavy atom. The first-order chi connectivity index (χ1) is 11.2. The van der Waals surface area contributed by atoms with E-state index in [0.29, 0.717) is 10.0 Å². The minimum absolute atomic E-state index is 0.0890. The molecule has 1 atom stereocenters. The Hall–Kier alpha value is -1.51. The monoisotopic (exact) mass is 377 g/mol. The largest absolute Gasteiger partial charge is 0.408 e. The van der Waals surface area contributed by atoms with Crippen molar-refractivity contribution in [1.29, 1.82) is 0 Å². The molecule has 24 heavy (non-hydrogen) atoms. The second-order valence-electron chi connectivity index (χ2n) is 4.95. The highest BCUT2D eigenvalue weighted by atomic mass is 35.5. The zero-order valence-electron chi connectivity index (χ0n) is 12.9. The number of benzene rings is 1. The summed E-state index contributed by atoms with van der Waals surface area (Å²) >= 11 is 6.62. The molecule has 1 heterocycles. The van der Waals surface area contributed by atoms with E-state index >= 15 is 0 Å². The molecule has 2 rings (SSSR count). The van der Waals surface area contributed by atoms with Gasteiger partial charge in [-0.05, 0) is 35.7 Å². The van der Waals surface area contributed by atoms with Gasteiger partial charge in [0, 0.05) is 24.7 Å². The van der Waals surface area contributed by atoms with Crippen molar-refractivity contribution in [2.75, 3.05) is 6.54 Å². The summed E-state index contributed by atoms with van der Waals surface area (Å²) in [7, 11) is 1.45. The molecule has 2 aromatic rings. The molecule has 0 bridgehead atoms. The minimum Gasteiger partial charge on any atom is -0.268 e. The Bertz CT molecular complexity index is 749. The van der Waals surface area contributed by atoms with Crippen molar-refractivity contribution in [3.8, 4) is 0 Å². The van der Waals surface area contributed by atoms with Crippen molar-refractivity contribution >= 4 is 23.5 Å². The zero-order chi connectivity index (χ0) is 17.9. The van der Waals surface area contributed by atoms with Gasteiger partial charge in [0.1, 0.15) is 11.1 Å². The summed E-state index contributed by atoms with van der Waals surface area (Å²) in [6, 6.07) is 6.44. The molecule has 0 amide bonds. The lowest BCUT2D eigenvalue weighted by Crippen LogP contribution is -2.34. The Balaban J connectivity index is 2.36. The summed E-state index contributed by atoms with van der Waals surface area (Å²) in [6.07, 6.45) is -4.47. The fourth-order valence-electron chi connectivity index (χ4n) is 2.11. The van der Waals surface area contributed by atoms with Crippen LogP contribution in [0, 0.1) is 0 Å². The van der Waals surface area contributed by atoms with E-state index < -0.39 is 12.2 Å². The van der Waals surface area contributed by atoms with Crippen LogP contribution in [0.2, 0.25) is 5.02 Å². The molecule has 0 saturated heterocycles. The van der Waals surface area contributed by atoms with Crippen LogP contribution in [-0.4, -0.2) is 26.8 Å². The van der Waals surface area contributed by atoms with Crippen molar-refractivity contribution in [1.82, 2.24) is 14.1 Å². The van der Waals surface area contributed by atoms with E-state index in [1.54, 1.807) is 6.92 Å². The predicted molar refractivity (Wildman–Crippen MR) is 88.0 cm³/mol. The molecule has 130 valence electrons. The van der Waals surface area contributed by atoms with E-state index in [2.05, 4.69) is 5.10 Å². The molecule has 0 aliphatic carbocycles. The van der Waals surface area contributed by atoms with E-state index in [1.807, 2.05) is 0 Å². The summed E-state index contributed by atoms with van der Waals surface area (Å²) < 4.78 is 43.1. The number of halogens is 4. The second-order valence-corrected chi connectivity index (χ2v) is 6.46. The van der Waals surface area contributed by atoms with E-state index in [4.69, 9.17) is 11.6 Å². The molecule has 0 N–H and O–H groups in total. The average Bonchev–Trinajstić information content (AvgIpc) is 2.50. The quantitative estimate of drug-likeness (QED) is 0.736. The zero-order valence-corrected chi connectivity index (χ0v) is 14.5. The third kappa shape index (κ3) is 4.52. The van der Waals surface area contributed by atoms with Crippen LogP contribution in [0.1, 0.15) is 18.5 Å². The average molecular weight is 378 g/mol. The van der Waals surface area contributed by atoms with Crippen molar-refractivity contribution in [2.45, 2.75) is 24.2 Å². The van der Waals surface area contributed by atoms with Gasteiger partial charge in [-0.3, -0.25) is 4.79 Å². The highest BCUT2D eigenvalue weighted by Crippen LogP contribution is 2.42. The van der Waals surface area contributed by atoms with Gasteiger partial charge in [-0.25, -0.2) is 8.99 Å². The molecule has 0 aliphatic rings. The van der Waals surface area contributed by atoms with Crippen molar-refractivity contribution in [3.63, 3.8) is 0 Å². The molecule has 0 fully saturated rings. The van der Waals surface area contributed by atoms with Crippen LogP contribution < -0.4 is 5.56 Å². The van der Waals surface area contributed by atoms with Crippen LogP contribution in [0.15, 0.2) is 46.2 Å². The van der Waals surface area contributed by atoms with Gasteiger partial charge in [0.2, 0.25) is 0 Å². The Morgan fingerprint density at radius 1 is 1.25 bits per heavy atom. The second kappa shape index (κ2) is 7.58. The van der Waals surface area contributed by atoms with Crippen LogP contribution in [0.3, 0.4) is 0 Å². The molecule has 0 radical (unpaired) electrons. The molecule has 0 aliphatic heterocycles. The lowest BCUT2D eigenvalue weighted by atomic mass is 10.1. The summed E-state index contributed by atoms with van der Waals surface area (Å²) in [4.78, 5) is 11.4. The van der Waals surface area contributed by atoms with E-state index in [9.17, 15) is 18.0 Å². The number of hydrogen-bond acceptors (Lipinski definition) is 4. The fraction of sp³-hybridized carbons (Fsp3) is 0.333. The Labute approximate surface area is 146 Å². The molecular weight excluding hydrogens is 363 g/mol. The van der Waals surface area contributed by atoms with Crippen LogP contribution >= 0.6 is 23.5 Å². The highest BCUT2D eigenvalue weighted by Gasteiger charge is 2.45. The summed E-state index contributed by atoms with van der Waals surface area (Å²) in [6.45, 7) is 1.76. The Morgan fingerprint density at radius 2 is 1.88 bits per heavy atom. The van der Waals surface area contributed by atoms with Gasteiger partial charge in [-0.1, -0.05) is 30.7 Å². The number of nitrogens with zero attached hydrogens (tertiary/aromatic N) is 3. The van der Waals surface area contributed by atoms with Crippen LogP contribution in [-0.2, 0) is 7.05 Å². The first-order valence-corrected chi connectivity index (χ1v) is 8.18. The first-order valence-electron chi connectivity index (χ1n) is 7.03. The van der Waals surface area contributed by atoms with Gasteiger partial charge in [0.05, 0.1) is 0 Å². The maximum atomic E-state index is 13.6. The van der Waals surface area contributed by atoms with Gasteiger partial charge in [0.15, 0.2) is 0 Å². The standard InChI is InChI=1S/C15H15ClF3N3OS/c1-3-22(24-12-8-9-13(23)21(2)20-12)14(15(17,18)19)10-4-6-11(16)7-5-10/h4-9,14H,3H2,1-2H3/t14-/m1/s1. The van der Waals surface area contributed by atoms with Crippen molar-refractivity contribution in [3.05, 3.63) is 57.3 Å². The maximum absolute atomic E-state index is 13.6. The molecular formula is C15H15ClF3N3OS. The fourth-order valence-corrected chi connectivity index (χ4v) is 3.24. The van der Waals surface area contributed by atoms with Crippen LogP contribution in [0.4, 0.5) is 13.2 Å². The third-order valence-electron chi connectivity index (χ3n) is 3.24. The molecule has 4 nitrogen and oxygen atoms in total. The topological polar surface area (TPSA) is 38.1 Å². The third-order valence-corrected chi connectivity index (χ3v) is 4.60. The first kappa shape index (κ1) is 18.8. The summed E-state index contributed by atoms with van der Waals surface area (Å²) in [5.74, 6) is 0. The van der Waals surface area contributed by atoms with Gasteiger partial charge in [-0.15, -0.1) is 0 Å². The summed E-state index contributed by atoms with van der Waals surface area (Å²) in [5.41, 5.74) is -0.237. The number of rotatable bonds is 5. The molecule has 1 aromatic carbocycles. The van der Waals surface area contributed by atoms with Crippen molar-refractivity contribution < 1.29 is 13.2 Å². The van der Waals surface area contributed by atoms with Crippen LogP contribution in [0.5, 0.6) is 0 Å². The van der Waals surface area contributed by atoms with Gasteiger partial charge >= 0.3 is 6.18 Å². The minimum atomic E-state index is -4.47. The van der Waals surface area contributed by atoms with Crippen LogP contribution in [0.25, 0.3) is 0 Å². The summed E-state index contributed by atoms with van der Waals surface area (Å²) in [5, 5.41) is 4.65. The SMILES string of the molecule is CCN(Sc1ccc(=O)n(C)n1)[C@H](c1ccc(Cl)cc1)C(F)(F)F. The number of alkyl halides is 3. The number of aryl methyl sites for hydroxylation is 1. The van der Waals surface area contributed by atoms with Crippen molar-refractivity contribution in [2.24, 2.45) is 7.05 Å².